The quantitative estimate of drug-likeness (QED) is 0.468. The number of rotatable bonds is 6. The molecule has 8 heteroatoms. The molecule has 0 spiro atoms. The van der Waals surface area contributed by atoms with Gasteiger partial charge in [0.15, 0.2) is 4.80 Å². The highest BCUT2D eigenvalue weighted by molar-refractivity contribution is 7.16. The van der Waals surface area contributed by atoms with Crippen molar-refractivity contribution in [2.24, 2.45) is 4.99 Å². The smallest absolute Gasteiger partial charge is 0.326 e. The predicted octanol–water partition coefficient (Wildman–Crippen LogP) is 3.48. The molecular weight excluding hydrogens is 384 g/mol. The molecule has 0 radical (unpaired) electrons. The Kier molecular flexibility index (Phi) is 6.20. The number of hydrogen-bond acceptors (Lipinski definition) is 6. The number of carbonyl (C=O) groups is 2. The molecule has 3 rings (SSSR count). The van der Waals surface area contributed by atoms with Gasteiger partial charge in [-0.3, -0.25) is 9.59 Å². The summed E-state index contributed by atoms with van der Waals surface area (Å²) in [6, 6.07) is 9.33. The number of benzene rings is 1. The number of ether oxygens (including phenoxy) is 2. The minimum Gasteiger partial charge on any atom is -0.497 e. The standard InChI is InChI=1S/C19H18N2O4S2/c1-3-25-18(23)12-21-15-8-6-13(24-2)11-16(15)27-19(21)20-17(22)9-7-14-5-4-10-26-14/h4-11H,3,12H2,1-2H3. The Labute approximate surface area is 164 Å². The van der Waals surface area contributed by atoms with Gasteiger partial charge in [-0.25, -0.2) is 0 Å². The SMILES string of the molecule is CCOC(=O)Cn1c(=NC(=O)C=Cc2cccs2)sc2cc(OC)ccc21. The van der Waals surface area contributed by atoms with Crippen LogP contribution in [0.1, 0.15) is 11.8 Å². The number of amides is 1. The van der Waals surface area contributed by atoms with Crippen molar-refractivity contribution < 1.29 is 19.1 Å². The third-order valence-electron chi connectivity index (χ3n) is 3.62. The average Bonchev–Trinajstić information content (AvgIpc) is 3.28. The Morgan fingerprint density at radius 1 is 1.30 bits per heavy atom. The molecule has 0 atom stereocenters. The first-order valence-electron chi connectivity index (χ1n) is 8.24. The third kappa shape index (κ3) is 4.72. The first kappa shape index (κ1) is 19.1. The van der Waals surface area contributed by atoms with E-state index in [0.717, 1.165) is 15.1 Å². The summed E-state index contributed by atoms with van der Waals surface area (Å²) < 4.78 is 12.9. The molecule has 0 aliphatic rings. The van der Waals surface area contributed by atoms with Crippen LogP contribution in [0.5, 0.6) is 5.75 Å². The van der Waals surface area contributed by atoms with Crippen LogP contribution >= 0.6 is 22.7 Å². The van der Waals surface area contributed by atoms with Crippen LogP contribution in [0, 0.1) is 0 Å². The number of esters is 1. The molecule has 140 valence electrons. The maximum Gasteiger partial charge on any atom is 0.326 e. The fourth-order valence-electron chi connectivity index (χ4n) is 2.43. The van der Waals surface area contributed by atoms with Crippen molar-refractivity contribution >= 4 is 50.8 Å². The fourth-order valence-corrected chi connectivity index (χ4v) is 4.11. The minimum absolute atomic E-state index is 0.0130. The van der Waals surface area contributed by atoms with E-state index in [1.165, 1.54) is 28.7 Å². The zero-order valence-electron chi connectivity index (χ0n) is 14.9. The molecule has 0 saturated carbocycles. The number of fused-ring (bicyclic) bond motifs is 1. The highest BCUT2D eigenvalue weighted by atomic mass is 32.1. The van der Waals surface area contributed by atoms with E-state index in [-0.39, 0.29) is 18.4 Å². The van der Waals surface area contributed by atoms with Gasteiger partial charge in [0.05, 0.1) is 23.9 Å². The fraction of sp³-hybridized carbons (Fsp3) is 0.211. The monoisotopic (exact) mass is 402 g/mol. The number of thiophene rings is 1. The van der Waals surface area contributed by atoms with Crippen LogP contribution < -0.4 is 9.54 Å². The lowest BCUT2D eigenvalue weighted by Gasteiger charge is -2.05. The molecule has 0 N–H and O–H groups in total. The van der Waals surface area contributed by atoms with Crippen molar-refractivity contribution in [1.29, 1.82) is 0 Å². The van der Waals surface area contributed by atoms with Crippen LogP contribution in [0.2, 0.25) is 0 Å². The lowest BCUT2D eigenvalue weighted by Crippen LogP contribution is -2.22. The van der Waals surface area contributed by atoms with Crippen LogP contribution in [0.25, 0.3) is 16.3 Å². The van der Waals surface area contributed by atoms with Crippen molar-refractivity contribution in [3.8, 4) is 5.75 Å². The van der Waals surface area contributed by atoms with Crippen molar-refractivity contribution in [1.82, 2.24) is 4.57 Å². The summed E-state index contributed by atoms with van der Waals surface area (Å²) in [5.41, 5.74) is 0.794. The van der Waals surface area contributed by atoms with E-state index in [0.29, 0.717) is 17.2 Å². The summed E-state index contributed by atoms with van der Waals surface area (Å²) in [7, 11) is 1.59. The van der Waals surface area contributed by atoms with E-state index in [1.807, 2.05) is 29.6 Å². The van der Waals surface area contributed by atoms with Gasteiger partial charge >= 0.3 is 5.97 Å². The minimum atomic E-state index is -0.389. The molecule has 0 aliphatic heterocycles. The van der Waals surface area contributed by atoms with Crippen LogP contribution in [0.3, 0.4) is 0 Å². The zero-order chi connectivity index (χ0) is 19.2. The average molecular weight is 402 g/mol. The van der Waals surface area contributed by atoms with E-state index in [4.69, 9.17) is 9.47 Å². The van der Waals surface area contributed by atoms with Crippen molar-refractivity contribution in [2.75, 3.05) is 13.7 Å². The molecule has 1 aromatic carbocycles. The van der Waals surface area contributed by atoms with Gasteiger partial charge in [0, 0.05) is 11.0 Å². The molecule has 0 aliphatic carbocycles. The summed E-state index contributed by atoms with van der Waals surface area (Å²) in [5, 5.41) is 1.94. The topological polar surface area (TPSA) is 69.9 Å². The summed E-state index contributed by atoms with van der Waals surface area (Å²) in [5.74, 6) is -0.0712. The molecule has 0 saturated heterocycles. The normalized spacial score (nSPS) is 12.0. The number of carbonyl (C=O) groups excluding carboxylic acids is 2. The number of thiazole rings is 1. The van der Waals surface area contributed by atoms with Crippen LogP contribution in [-0.2, 0) is 20.9 Å². The van der Waals surface area contributed by atoms with Gasteiger partial charge < -0.3 is 14.0 Å². The van der Waals surface area contributed by atoms with E-state index in [2.05, 4.69) is 4.99 Å². The van der Waals surface area contributed by atoms with Gasteiger partial charge in [-0.05, 0) is 42.6 Å². The second kappa shape index (κ2) is 8.79. The van der Waals surface area contributed by atoms with Gasteiger partial charge in [-0.15, -0.1) is 11.3 Å². The maximum absolute atomic E-state index is 12.3. The second-order valence-electron chi connectivity index (χ2n) is 5.41. The van der Waals surface area contributed by atoms with E-state index >= 15 is 0 Å². The highest BCUT2D eigenvalue weighted by Gasteiger charge is 2.12. The summed E-state index contributed by atoms with van der Waals surface area (Å²) >= 11 is 2.86. The maximum atomic E-state index is 12.3. The summed E-state index contributed by atoms with van der Waals surface area (Å²) in [4.78, 5) is 29.9. The lowest BCUT2D eigenvalue weighted by molar-refractivity contribution is -0.143. The van der Waals surface area contributed by atoms with E-state index in [1.54, 1.807) is 30.7 Å². The summed E-state index contributed by atoms with van der Waals surface area (Å²) in [6.45, 7) is 2.04. The van der Waals surface area contributed by atoms with Crippen LogP contribution in [0.15, 0.2) is 46.8 Å². The van der Waals surface area contributed by atoms with Gasteiger partial charge in [-0.1, -0.05) is 17.4 Å². The predicted molar refractivity (Wildman–Crippen MR) is 107 cm³/mol. The van der Waals surface area contributed by atoms with Gasteiger partial charge in [0.25, 0.3) is 5.91 Å². The lowest BCUT2D eigenvalue weighted by atomic mass is 10.3. The third-order valence-corrected chi connectivity index (χ3v) is 5.50. The van der Waals surface area contributed by atoms with E-state index in [9.17, 15) is 9.59 Å². The number of aromatic nitrogens is 1. The molecule has 2 heterocycles. The molecule has 3 aromatic rings. The second-order valence-corrected chi connectivity index (χ2v) is 7.40. The molecule has 27 heavy (non-hydrogen) atoms. The number of nitrogens with zero attached hydrogens (tertiary/aromatic N) is 2. The van der Waals surface area contributed by atoms with Crippen molar-refractivity contribution in [2.45, 2.75) is 13.5 Å². The zero-order valence-corrected chi connectivity index (χ0v) is 16.5. The van der Waals surface area contributed by atoms with Crippen molar-refractivity contribution in [3.05, 3.63) is 51.5 Å². The molecule has 1 amide bonds. The first-order valence-corrected chi connectivity index (χ1v) is 9.93. The van der Waals surface area contributed by atoms with Crippen LogP contribution in [0.4, 0.5) is 0 Å². The Morgan fingerprint density at radius 3 is 2.85 bits per heavy atom. The van der Waals surface area contributed by atoms with Gasteiger partial charge in [0.1, 0.15) is 12.3 Å². The molecule has 0 fully saturated rings. The highest BCUT2D eigenvalue weighted by Crippen LogP contribution is 2.23. The number of methoxy groups -OCH3 is 1. The number of hydrogen-bond donors (Lipinski definition) is 0. The first-order chi connectivity index (χ1) is 13.1. The van der Waals surface area contributed by atoms with Crippen LogP contribution in [-0.4, -0.2) is 30.2 Å². The van der Waals surface area contributed by atoms with Gasteiger partial charge in [0.2, 0.25) is 0 Å². The molecule has 2 aromatic heterocycles. The largest absolute Gasteiger partial charge is 0.497 e. The Morgan fingerprint density at radius 2 is 2.15 bits per heavy atom. The molecule has 6 nitrogen and oxygen atoms in total. The van der Waals surface area contributed by atoms with Crippen molar-refractivity contribution in [3.63, 3.8) is 0 Å². The molecule has 0 bridgehead atoms. The van der Waals surface area contributed by atoms with Gasteiger partial charge in [-0.2, -0.15) is 4.99 Å². The van der Waals surface area contributed by atoms with E-state index < -0.39 is 0 Å². The Hall–Kier alpha value is -2.71. The Bertz CT molecular complexity index is 1050. The molecular formula is C19H18N2O4S2. The summed E-state index contributed by atoms with van der Waals surface area (Å²) in [6.07, 6.45) is 3.15. The Balaban J connectivity index is 2.00. The molecule has 0 unspecified atom stereocenters.